The van der Waals surface area contributed by atoms with E-state index >= 15 is 0 Å². The van der Waals surface area contributed by atoms with Gasteiger partial charge in [0, 0.05) is 7.05 Å². The van der Waals surface area contributed by atoms with Crippen molar-refractivity contribution in [1.82, 2.24) is 14.9 Å². The maximum absolute atomic E-state index is 10.9. The zero-order chi connectivity index (χ0) is 11.9. The highest BCUT2D eigenvalue weighted by Gasteiger charge is 2.23. The van der Waals surface area contributed by atoms with Gasteiger partial charge in [0.1, 0.15) is 10.7 Å². The standard InChI is InChI=1S/C9H8ClN3O3/c1-4-6(8(10)13(2)12-4)7-5(9(14)15)3-11-16-7/h3H,1-2H3,(H,14,15). The van der Waals surface area contributed by atoms with Gasteiger partial charge >= 0.3 is 5.97 Å². The molecule has 0 radical (unpaired) electrons. The first-order valence-corrected chi connectivity index (χ1v) is 4.77. The summed E-state index contributed by atoms with van der Waals surface area (Å²) in [5.41, 5.74) is 1.02. The smallest absolute Gasteiger partial charge is 0.341 e. The Balaban J connectivity index is 2.67. The monoisotopic (exact) mass is 241 g/mol. The lowest BCUT2D eigenvalue weighted by Crippen LogP contribution is -1.96. The van der Waals surface area contributed by atoms with Gasteiger partial charge < -0.3 is 9.63 Å². The molecule has 0 bridgehead atoms. The molecule has 2 heterocycles. The number of carboxylic acids is 1. The Morgan fingerprint density at radius 2 is 2.31 bits per heavy atom. The van der Waals surface area contributed by atoms with Crippen LogP contribution in [0.1, 0.15) is 16.1 Å². The average Bonchev–Trinajstić information content (AvgIpc) is 2.73. The van der Waals surface area contributed by atoms with Crippen LogP contribution in [0.5, 0.6) is 0 Å². The highest BCUT2D eigenvalue weighted by atomic mass is 35.5. The number of hydrogen-bond donors (Lipinski definition) is 1. The summed E-state index contributed by atoms with van der Waals surface area (Å²) in [6.45, 7) is 1.72. The second-order valence-electron chi connectivity index (χ2n) is 3.25. The predicted molar refractivity (Wildman–Crippen MR) is 55.4 cm³/mol. The third-order valence-corrected chi connectivity index (χ3v) is 2.61. The number of aromatic carboxylic acids is 1. The number of rotatable bonds is 2. The molecule has 16 heavy (non-hydrogen) atoms. The van der Waals surface area contributed by atoms with Gasteiger partial charge in [-0.2, -0.15) is 5.10 Å². The van der Waals surface area contributed by atoms with E-state index in [1.807, 2.05) is 0 Å². The van der Waals surface area contributed by atoms with E-state index in [4.69, 9.17) is 21.2 Å². The summed E-state index contributed by atoms with van der Waals surface area (Å²) in [4.78, 5) is 10.9. The van der Waals surface area contributed by atoms with Crippen molar-refractivity contribution in [1.29, 1.82) is 0 Å². The van der Waals surface area contributed by atoms with Crippen LogP contribution in [0.3, 0.4) is 0 Å². The van der Waals surface area contributed by atoms with Gasteiger partial charge in [0.05, 0.1) is 17.5 Å². The van der Waals surface area contributed by atoms with Crippen molar-refractivity contribution < 1.29 is 14.4 Å². The summed E-state index contributed by atoms with van der Waals surface area (Å²) >= 11 is 6.00. The maximum Gasteiger partial charge on any atom is 0.341 e. The fraction of sp³-hybridized carbons (Fsp3) is 0.222. The first-order chi connectivity index (χ1) is 7.52. The number of carbonyl (C=O) groups is 1. The van der Waals surface area contributed by atoms with Crippen LogP contribution in [0.15, 0.2) is 10.7 Å². The molecule has 7 heteroatoms. The molecule has 0 amide bonds. The molecule has 0 unspecified atom stereocenters. The quantitative estimate of drug-likeness (QED) is 0.866. The SMILES string of the molecule is Cc1nn(C)c(Cl)c1-c1oncc1C(=O)O. The number of nitrogens with zero attached hydrogens (tertiary/aromatic N) is 3. The Bertz CT molecular complexity index is 558. The number of hydrogen-bond acceptors (Lipinski definition) is 4. The third kappa shape index (κ3) is 1.47. The molecule has 1 N–H and O–H groups in total. The Morgan fingerprint density at radius 1 is 1.62 bits per heavy atom. The van der Waals surface area contributed by atoms with E-state index in [9.17, 15) is 4.79 Å². The van der Waals surface area contributed by atoms with E-state index < -0.39 is 5.97 Å². The van der Waals surface area contributed by atoms with Crippen LogP contribution >= 0.6 is 11.6 Å². The van der Waals surface area contributed by atoms with E-state index in [0.29, 0.717) is 16.4 Å². The zero-order valence-electron chi connectivity index (χ0n) is 8.56. The minimum absolute atomic E-state index is 0.0296. The molecule has 0 aliphatic carbocycles. The Morgan fingerprint density at radius 3 is 2.81 bits per heavy atom. The maximum atomic E-state index is 10.9. The van der Waals surface area contributed by atoms with Crippen LogP contribution in [0.2, 0.25) is 5.15 Å². The van der Waals surface area contributed by atoms with Crippen LogP contribution in [-0.4, -0.2) is 26.0 Å². The van der Waals surface area contributed by atoms with Crippen molar-refractivity contribution in [2.45, 2.75) is 6.92 Å². The van der Waals surface area contributed by atoms with Gasteiger partial charge in [-0.25, -0.2) is 4.79 Å². The van der Waals surface area contributed by atoms with E-state index in [2.05, 4.69) is 10.3 Å². The Kier molecular flexibility index (Phi) is 2.43. The molecule has 0 saturated carbocycles. The van der Waals surface area contributed by atoms with Crippen molar-refractivity contribution in [3.05, 3.63) is 22.6 Å². The molecular weight excluding hydrogens is 234 g/mol. The van der Waals surface area contributed by atoms with Crippen LogP contribution < -0.4 is 0 Å². The first-order valence-electron chi connectivity index (χ1n) is 4.39. The van der Waals surface area contributed by atoms with Gasteiger partial charge in [0.2, 0.25) is 0 Å². The fourth-order valence-corrected chi connectivity index (χ4v) is 1.72. The summed E-state index contributed by atoms with van der Waals surface area (Å²) in [6.07, 6.45) is 1.14. The fourth-order valence-electron chi connectivity index (χ4n) is 1.46. The molecule has 0 aromatic carbocycles. The van der Waals surface area contributed by atoms with Crippen LogP contribution in [-0.2, 0) is 7.05 Å². The van der Waals surface area contributed by atoms with Crippen molar-refractivity contribution >= 4 is 17.6 Å². The lowest BCUT2D eigenvalue weighted by atomic mass is 10.1. The van der Waals surface area contributed by atoms with Crippen molar-refractivity contribution in [3.8, 4) is 11.3 Å². The van der Waals surface area contributed by atoms with Gasteiger partial charge in [0.25, 0.3) is 0 Å². The minimum Gasteiger partial charge on any atom is -0.477 e. The number of halogens is 1. The van der Waals surface area contributed by atoms with Crippen molar-refractivity contribution in [2.75, 3.05) is 0 Å². The molecule has 0 atom stereocenters. The summed E-state index contributed by atoms with van der Waals surface area (Å²) in [7, 11) is 1.66. The number of aryl methyl sites for hydroxylation is 2. The molecule has 6 nitrogen and oxygen atoms in total. The highest BCUT2D eigenvalue weighted by Crippen LogP contribution is 2.32. The second-order valence-corrected chi connectivity index (χ2v) is 3.61. The van der Waals surface area contributed by atoms with Crippen LogP contribution in [0.25, 0.3) is 11.3 Å². The second kappa shape index (κ2) is 3.64. The van der Waals surface area contributed by atoms with E-state index in [-0.39, 0.29) is 11.3 Å². The summed E-state index contributed by atoms with van der Waals surface area (Å²) in [5, 5.41) is 16.8. The lowest BCUT2D eigenvalue weighted by Gasteiger charge is -1.96. The molecule has 2 aromatic heterocycles. The van der Waals surface area contributed by atoms with E-state index in [1.54, 1.807) is 14.0 Å². The molecule has 0 aliphatic heterocycles. The zero-order valence-corrected chi connectivity index (χ0v) is 9.32. The first kappa shape index (κ1) is 10.7. The van der Waals surface area contributed by atoms with Gasteiger partial charge in [-0.1, -0.05) is 16.8 Å². The molecule has 0 aliphatic rings. The Labute approximate surface area is 95.4 Å². The van der Waals surface area contributed by atoms with Gasteiger partial charge in [0.15, 0.2) is 5.76 Å². The Hall–Kier alpha value is -1.82. The van der Waals surface area contributed by atoms with Crippen molar-refractivity contribution in [3.63, 3.8) is 0 Å². The highest BCUT2D eigenvalue weighted by molar-refractivity contribution is 6.32. The summed E-state index contributed by atoms with van der Waals surface area (Å²) in [6, 6.07) is 0. The molecule has 2 aromatic rings. The van der Waals surface area contributed by atoms with Gasteiger partial charge in [-0.05, 0) is 6.92 Å². The van der Waals surface area contributed by atoms with E-state index in [1.165, 1.54) is 4.68 Å². The van der Waals surface area contributed by atoms with Gasteiger partial charge in [-0.3, -0.25) is 4.68 Å². The topological polar surface area (TPSA) is 81.2 Å². The largest absolute Gasteiger partial charge is 0.477 e. The average molecular weight is 242 g/mol. The lowest BCUT2D eigenvalue weighted by molar-refractivity contribution is 0.0697. The normalized spacial score (nSPS) is 10.7. The van der Waals surface area contributed by atoms with Crippen LogP contribution in [0, 0.1) is 6.92 Å². The molecular formula is C9H8ClN3O3. The van der Waals surface area contributed by atoms with Gasteiger partial charge in [-0.15, -0.1) is 0 Å². The number of aromatic nitrogens is 3. The van der Waals surface area contributed by atoms with Crippen LogP contribution in [0.4, 0.5) is 0 Å². The van der Waals surface area contributed by atoms with Crippen molar-refractivity contribution in [2.24, 2.45) is 7.05 Å². The third-order valence-electron chi connectivity index (χ3n) is 2.18. The molecule has 0 saturated heterocycles. The molecule has 0 fully saturated rings. The molecule has 2 rings (SSSR count). The van der Waals surface area contributed by atoms with E-state index in [0.717, 1.165) is 6.20 Å². The molecule has 0 spiro atoms. The molecule has 84 valence electrons. The minimum atomic E-state index is -1.12. The summed E-state index contributed by atoms with van der Waals surface area (Å²) < 4.78 is 6.36. The predicted octanol–water partition coefficient (Wildman–Crippen LogP) is 1.74. The summed E-state index contributed by atoms with van der Waals surface area (Å²) in [5.74, 6) is -0.987. The number of carboxylic acid groups (broad SMARTS) is 1.